The SMILES string of the molecule is c1ccc2c(c1)-c1ccccc1N1c3c-2ccc2c3C3(c4c(ccc5c4N(c4ccccc4-c4ccccc4-5)c4cccc[n+]43)O2)[n+]2ccccc21. The second-order valence-corrected chi connectivity index (χ2v) is 14.1. The van der Waals surface area contributed by atoms with Crippen molar-refractivity contribution in [2.24, 2.45) is 0 Å². The maximum Gasteiger partial charge on any atom is 0.321 e. The molecule has 13 rings (SSSR count). The molecule has 6 aromatic carbocycles. The molecule has 5 aliphatic rings. The molecule has 7 heterocycles. The molecule has 0 atom stereocenters. The Kier molecular flexibility index (Phi) is 4.76. The minimum absolute atomic E-state index is 0.831. The van der Waals surface area contributed by atoms with Crippen LogP contribution in [0.5, 0.6) is 11.5 Å². The maximum atomic E-state index is 7.19. The van der Waals surface area contributed by atoms with Gasteiger partial charge in [-0.15, -0.1) is 0 Å². The van der Waals surface area contributed by atoms with Gasteiger partial charge in [0, 0.05) is 34.4 Å². The summed E-state index contributed by atoms with van der Waals surface area (Å²) >= 11 is 0. The highest BCUT2D eigenvalue weighted by Crippen LogP contribution is 2.65. The lowest BCUT2D eigenvalue weighted by atomic mass is 9.77. The van der Waals surface area contributed by atoms with Crippen LogP contribution < -0.4 is 23.7 Å². The van der Waals surface area contributed by atoms with Gasteiger partial charge in [-0.3, -0.25) is 0 Å². The van der Waals surface area contributed by atoms with Crippen molar-refractivity contribution in [3.63, 3.8) is 0 Å². The molecular formula is C47H28N4O+2. The summed E-state index contributed by atoms with van der Waals surface area (Å²) in [6, 6.07) is 57.5. The number of ether oxygens (including phenoxy) is 1. The van der Waals surface area contributed by atoms with Gasteiger partial charge in [-0.05, 0) is 70.8 Å². The number of hydrogen-bond donors (Lipinski definition) is 0. The van der Waals surface area contributed by atoms with Crippen molar-refractivity contribution in [2.45, 2.75) is 5.66 Å². The third-order valence-corrected chi connectivity index (χ3v) is 11.8. The Balaban J connectivity index is 1.28. The average Bonchev–Trinajstić information content (AvgIpc) is 3.42. The zero-order chi connectivity index (χ0) is 33.7. The predicted octanol–water partition coefficient (Wildman–Crippen LogP) is 10.5. The van der Waals surface area contributed by atoms with Crippen LogP contribution in [0.3, 0.4) is 0 Å². The third-order valence-electron chi connectivity index (χ3n) is 11.8. The van der Waals surface area contributed by atoms with Crippen LogP contribution in [0.4, 0.5) is 34.4 Å². The Bertz CT molecular complexity index is 2730. The van der Waals surface area contributed by atoms with Crippen LogP contribution in [0.15, 0.2) is 170 Å². The van der Waals surface area contributed by atoms with Crippen LogP contribution in [0.1, 0.15) is 11.1 Å². The lowest BCUT2D eigenvalue weighted by Crippen LogP contribution is -2.79. The first-order chi connectivity index (χ1) is 25.8. The molecule has 5 heteroatoms. The first-order valence-corrected chi connectivity index (χ1v) is 17.9. The second-order valence-electron chi connectivity index (χ2n) is 14.1. The first-order valence-electron chi connectivity index (χ1n) is 17.9. The van der Waals surface area contributed by atoms with E-state index >= 15 is 0 Å². The van der Waals surface area contributed by atoms with E-state index in [1.807, 2.05) is 0 Å². The summed E-state index contributed by atoms with van der Waals surface area (Å²) in [7, 11) is 0. The monoisotopic (exact) mass is 664 g/mol. The number of rotatable bonds is 0. The molecule has 0 radical (unpaired) electrons. The molecule has 0 bridgehead atoms. The number of aromatic nitrogens is 2. The minimum atomic E-state index is -0.831. The van der Waals surface area contributed by atoms with E-state index in [1.54, 1.807) is 0 Å². The lowest BCUT2D eigenvalue weighted by molar-refractivity contribution is -0.962. The van der Waals surface area contributed by atoms with Gasteiger partial charge < -0.3 is 4.74 Å². The highest BCUT2D eigenvalue weighted by Gasteiger charge is 2.67. The van der Waals surface area contributed by atoms with Gasteiger partial charge in [0.1, 0.15) is 34.0 Å². The van der Waals surface area contributed by atoms with Gasteiger partial charge in [-0.1, -0.05) is 97.1 Å². The number of pyridine rings is 2. The van der Waals surface area contributed by atoms with E-state index in [0.717, 1.165) is 57.0 Å². The van der Waals surface area contributed by atoms with Crippen molar-refractivity contribution >= 4 is 34.4 Å². The zero-order valence-electron chi connectivity index (χ0n) is 27.9. The van der Waals surface area contributed by atoms with Crippen molar-refractivity contribution in [1.82, 2.24) is 0 Å². The molecule has 0 aliphatic carbocycles. The first kappa shape index (κ1) is 26.8. The largest absolute Gasteiger partial charge is 0.456 e. The Morgan fingerprint density at radius 3 is 1.21 bits per heavy atom. The van der Waals surface area contributed by atoms with Crippen molar-refractivity contribution in [3.8, 4) is 56.0 Å². The summed E-state index contributed by atoms with van der Waals surface area (Å²) in [5.41, 5.74) is 15.7. The van der Waals surface area contributed by atoms with Gasteiger partial charge in [-0.25, -0.2) is 0 Å². The van der Waals surface area contributed by atoms with E-state index in [-0.39, 0.29) is 0 Å². The molecule has 0 amide bonds. The molecule has 8 aromatic rings. The smallest absolute Gasteiger partial charge is 0.321 e. The van der Waals surface area contributed by atoms with Crippen molar-refractivity contribution in [2.75, 3.05) is 9.80 Å². The van der Waals surface area contributed by atoms with Crippen molar-refractivity contribution in [1.29, 1.82) is 0 Å². The lowest BCUT2D eigenvalue weighted by Gasteiger charge is -2.46. The molecular weight excluding hydrogens is 637 g/mol. The predicted molar refractivity (Wildman–Crippen MR) is 203 cm³/mol. The molecule has 0 saturated carbocycles. The van der Waals surface area contributed by atoms with E-state index in [0.29, 0.717) is 0 Å². The molecule has 1 spiro atoms. The van der Waals surface area contributed by atoms with E-state index in [1.165, 1.54) is 44.5 Å². The average molecular weight is 665 g/mol. The van der Waals surface area contributed by atoms with Crippen LogP contribution in [0.2, 0.25) is 0 Å². The Hall–Kier alpha value is -6.98. The second kappa shape index (κ2) is 9.22. The quantitative estimate of drug-likeness (QED) is 0.151. The van der Waals surface area contributed by atoms with Gasteiger partial charge in [0.2, 0.25) is 0 Å². The zero-order valence-corrected chi connectivity index (χ0v) is 27.9. The summed E-state index contributed by atoms with van der Waals surface area (Å²) < 4.78 is 12.2. The number of nitrogens with zero attached hydrogens (tertiary/aromatic N) is 4. The van der Waals surface area contributed by atoms with Crippen LogP contribution in [0.25, 0.3) is 44.5 Å². The number of fused-ring (bicyclic) bond motifs is 14. The van der Waals surface area contributed by atoms with Crippen molar-refractivity contribution < 1.29 is 13.9 Å². The van der Waals surface area contributed by atoms with E-state index in [9.17, 15) is 0 Å². The fraction of sp³-hybridized carbons (Fsp3) is 0.0213. The van der Waals surface area contributed by atoms with Crippen LogP contribution in [-0.4, -0.2) is 0 Å². The Morgan fingerprint density at radius 2 is 0.750 bits per heavy atom. The summed E-state index contributed by atoms with van der Waals surface area (Å²) in [5.74, 6) is 3.90. The topological polar surface area (TPSA) is 23.5 Å². The fourth-order valence-corrected chi connectivity index (χ4v) is 9.92. The Morgan fingerprint density at radius 1 is 0.365 bits per heavy atom. The number of para-hydroxylation sites is 2. The molecule has 0 unspecified atom stereocenters. The minimum Gasteiger partial charge on any atom is -0.456 e. The van der Waals surface area contributed by atoms with Crippen molar-refractivity contribution in [3.05, 3.63) is 181 Å². The van der Waals surface area contributed by atoms with Crippen LogP contribution >= 0.6 is 0 Å². The van der Waals surface area contributed by atoms with Gasteiger partial charge in [0.15, 0.2) is 11.4 Å². The number of hydrogen-bond acceptors (Lipinski definition) is 3. The van der Waals surface area contributed by atoms with Gasteiger partial charge in [-0.2, -0.15) is 18.9 Å². The van der Waals surface area contributed by atoms with Crippen LogP contribution in [0, 0.1) is 0 Å². The normalized spacial score (nSPS) is 14.8. The molecule has 5 aliphatic heterocycles. The van der Waals surface area contributed by atoms with E-state index < -0.39 is 5.66 Å². The number of benzene rings is 6. The molecule has 52 heavy (non-hydrogen) atoms. The van der Waals surface area contributed by atoms with Gasteiger partial charge in [0.25, 0.3) is 11.6 Å². The highest BCUT2D eigenvalue weighted by atomic mass is 16.5. The molecule has 0 N–H and O–H groups in total. The summed E-state index contributed by atoms with van der Waals surface area (Å²) in [6.07, 6.45) is 4.53. The molecule has 5 nitrogen and oxygen atoms in total. The Labute approximate surface area is 300 Å². The summed E-state index contributed by atoms with van der Waals surface area (Å²) in [5, 5.41) is 0. The molecule has 0 saturated heterocycles. The summed E-state index contributed by atoms with van der Waals surface area (Å²) in [4.78, 5) is 4.95. The van der Waals surface area contributed by atoms with Gasteiger partial charge in [0.05, 0.1) is 12.4 Å². The molecule has 0 fully saturated rings. The van der Waals surface area contributed by atoms with E-state index in [4.69, 9.17) is 4.74 Å². The maximum absolute atomic E-state index is 7.19. The fourth-order valence-electron chi connectivity index (χ4n) is 9.92. The van der Waals surface area contributed by atoms with Gasteiger partial charge >= 0.3 is 5.66 Å². The standard InChI is InChI=1S/C47H28N4O/c1-3-15-31-29(13-1)33-17-5-7-19-37(33)50-41-21-9-11-27-48(41)47-43-39(25-23-35(31)45(43)50)52-40-26-24-36-32-16-4-2-14-30(32)34-18-6-8-20-38(34)51(46(36)44(40)47)42-22-10-12-28-49(42)47/h1-28H/q+2. The molecule has 2 aromatic heterocycles. The molecule has 240 valence electrons. The highest BCUT2D eigenvalue weighted by molar-refractivity contribution is 6.07. The third kappa shape index (κ3) is 2.93. The van der Waals surface area contributed by atoms with Crippen LogP contribution in [-0.2, 0) is 5.66 Å². The summed E-state index contributed by atoms with van der Waals surface area (Å²) in [6.45, 7) is 0. The number of anilines is 6. The van der Waals surface area contributed by atoms with E-state index in [2.05, 4.69) is 189 Å².